The highest BCUT2D eigenvalue weighted by Gasteiger charge is 2.19. The number of aromatic hydroxyl groups is 3. The molecule has 1 heterocycles. The van der Waals surface area contributed by atoms with Crippen molar-refractivity contribution in [1.29, 1.82) is 0 Å². The summed E-state index contributed by atoms with van der Waals surface area (Å²) in [7, 11) is 0. The predicted octanol–water partition coefficient (Wildman–Crippen LogP) is 3.84. The second-order valence-electron chi connectivity index (χ2n) is 6.82. The van der Waals surface area contributed by atoms with Gasteiger partial charge in [-0.3, -0.25) is 0 Å². The van der Waals surface area contributed by atoms with Crippen molar-refractivity contribution >= 4 is 17.6 Å². The Hall–Kier alpha value is -3.06. The van der Waals surface area contributed by atoms with Crippen LogP contribution in [0.15, 0.2) is 51.9 Å². The first-order chi connectivity index (χ1) is 13.5. The van der Waals surface area contributed by atoms with Crippen LogP contribution in [0.2, 0.25) is 0 Å². The summed E-state index contributed by atoms with van der Waals surface area (Å²) in [6, 6.07) is 11.3. The van der Waals surface area contributed by atoms with E-state index in [0.717, 1.165) is 29.8 Å². The van der Waals surface area contributed by atoms with Crippen LogP contribution < -0.4 is 4.80 Å². The SMILES string of the molecule is Cc1csc(=NC2CCCc3ccccc32)n1/N=C/c1ccc(O)c(O)c1O. The number of hydrogen-bond acceptors (Lipinski definition) is 6. The minimum Gasteiger partial charge on any atom is -0.504 e. The van der Waals surface area contributed by atoms with Crippen molar-refractivity contribution in [2.75, 3.05) is 0 Å². The van der Waals surface area contributed by atoms with Crippen LogP contribution in [-0.4, -0.2) is 26.2 Å². The molecule has 1 aromatic heterocycles. The van der Waals surface area contributed by atoms with Crippen LogP contribution in [0.3, 0.4) is 0 Å². The van der Waals surface area contributed by atoms with E-state index in [2.05, 4.69) is 29.4 Å². The molecular weight excluding hydrogens is 374 g/mol. The van der Waals surface area contributed by atoms with E-state index in [9.17, 15) is 15.3 Å². The Morgan fingerprint density at radius 3 is 2.79 bits per heavy atom. The van der Waals surface area contributed by atoms with Crippen molar-refractivity contribution in [2.45, 2.75) is 32.2 Å². The van der Waals surface area contributed by atoms with Gasteiger partial charge < -0.3 is 15.3 Å². The molecule has 0 saturated heterocycles. The van der Waals surface area contributed by atoms with Crippen LogP contribution in [0, 0.1) is 6.92 Å². The second-order valence-corrected chi connectivity index (χ2v) is 7.66. The van der Waals surface area contributed by atoms with E-state index < -0.39 is 11.5 Å². The molecule has 0 saturated carbocycles. The third-order valence-electron chi connectivity index (χ3n) is 4.93. The molecule has 1 aliphatic carbocycles. The predicted molar refractivity (Wildman–Crippen MR) is 109 cm³/mol. The number of thiazole rings is 1. The van der Waals surface area contributed by atoms with Gasteiger partial charge >= 0.3 is 0 Å². The number of aryl methyl sites for hydroxylation is 2. The van der Waals surface area contributed by atoms with E-state index in [-0.39, 0.29) is 11.8 Å². The summed E-state index contributed by atoms with van der Waals surface area (Å²) < 4.78 is 1.73. The number of benzene rings is 2. The fourth-order valence-electron chi connectivity index (χ4n) is 3.42. The lowest BCUT2D eigenvalue weighted by Gasteiger charge is -2.21. The monoisotopic (exact) mass is 395 g/mol. The maximum absolute atomic E-state index is 9.98. The minimum absolute atomic E-state index is 0.107. The van der Waals surface area contributed by atoms with Crippen molar-refractivity contribution < 1.29 is 15.3 Å². The Bertz CT molecular complexity index is 1110. The van der Waals surface area contributed by atoms with E-state index in [1.165, 1.54) is 40.8 Å². The molecule has 2 aromatic carbocycles. The highest BCUT2D eigenvalue weighted by atomic mass is 32.1. The molecule has 0 spiro atoms. The molecule has 0 aliphatic heterocycles. The van der Waals surface area contributed by atoms with Gasteiger partial charge in [0.25, 0.3) is 0 Å². The van der Waals surface area contributed by atoms with Crippen LogP contribution in [0.5, 0.6) is 17.2 Å². The highest BCUT2D eigenvalue weighted by molar-refractivity contribution is 7.07. The average molecular weight is 395 g/mol. The summed E-state index contributed by atoms with van der Waals surface area (Å²) in [4.78, 5) is 5.74. The van der Waals surface area contributed by atoms with Gasteiger partial charge in [0.1, 0.15) is 0 Å². The highest BCUT2D eigenvalue weighted by Crippen LogP contribution is 2.36. The van der Waals surface area contributed by atoms with Gasteiger partial charge in [0, 0.05) is 10.9 Å². The lowest BCUT2D eigenvalue weighted by Crippen LogP contribution is -2.16. The molecule has 1 unspecified atom stereocenters. The molecule has 7 heteroatoms. The Balaban J connectivity index is 1.71. The molecule has 6 nitrogen and oxygen atoms in total. The summed E-state index contributed by atoms with van der Waals surface area (Å²) in [6.45, 7) is 1.94. The fourth-order valence-corrected chi connectivity index (χ4v) is 4.27. The first-order valence-corrected chi connectivity index (χ1v) is 9.99. The van der Waals surface area contributed by atoms with Gasteiger partial charge in [-0.25, -0.2) is 9.67 Å². The maximum Gasteiger partial charge on any atom is 0.206 e. The van der Waals surface area contributed by atoms with Gasteiger partial charge in [0.2, 0.25) is 10.6 Å². The van der Waals surface area contributed by atoms with Crippen LogP contribution >= 0.6 is 11.3 Å². The molecule has 3 aromatic rings. The molecule has 0 radical (unpaired) electrons. The number of fused-ring (bicyclic) bond motifs is 1. The van der Waals surface area contributed by atoms with Crippen molar-refractivity contribution in [3.8, 4) is 17.2 Å². The van der Waals surface area contributed by atoms with Gasteiger partial charge in [0.05, 0.1) is 18.0 Å². The molecule has 144 valence electrons. The summed E-state index contributed by atoms with van der Waals surface area (Å²) in [5.41, 5.74) is 3.86. The standard InChI is InChI=1S/C21H21N3O3S/c1-13-12-28-21(23-17-8-4-6-14-5-2-3-7-16(14)17)24(13)22-11-15-9-10-18(25)20(27)19(15)26/h2-3,5,7,9-12,17,25-27H,4,6,8H2,1H3/b22-11+,23-21?. The van der Waals surface area contributed by atoms with E-state index in [0.29, 0.717) is 5.56 Å². The Labute approximate surface area is 166 Å². The van der Waals surface area contributed by atoms with Crippen LogP contribution in [0.1, 0.15) is 41.3 Å². The molecular formula is C21H21N3O3S. The first-order valence-electron chi connectivity index (χ1n) is 9.11. The number of phenols is 3. The third kappa shape index (κ3) is 3.41. The van der Waals surface area contributed by atoms with Crippen molar-refractivity contribution in [3.05, 3.63) is 69.0 Å². The average Bonchev–Trinajstić information content (AvgIpc) is 3.05. The smallest absolute Gasteiger partial charge is 0.206 e. The molecule has 0 fully saturated rings. The van der Waals surface area contributed by atoms with Crippen molar-refractivity contribution in [3.63, 3.8) is 0 Å². The molecule has 4 rings (SSSR count). The normalized spacial score (nSPS) is 17.2. The van der Waals surface area contributed by atoms with Crippen LogP contribution in [0.4, 0.5) is 0 Å². The third-order valence-corrected chi connectivity index (χ3v) is 5.88. The van der Waals surface area contributed by atoms with Gasteiger partial charge in [-0.1, -0.05) is 24.3 Å². The van der Waals surface area contributed by atoms with E-state index >= 15 is 0 Å². The van der Waals surface area contributed by atoms with Crippen LogP contribution in [-0.2, 0) is 6.42 Å². The van der Waals surface area contributed by atoms with Crippen molar-refractivity contribution in [1.82, 2.24) is 4.68 Å². The van der Waals surface area contributed by atoms with E-state index in [1.807, 2.05) is 12.3 Å². The topological polar surface area (TPSA) is 90.3 Å². The number of aromatic nitrogens is 1. The lowest BCUT2D eigenvalue weighted by atomic mass is 9.88. The lowest BCUT2D eigenvalue weighted by molar-refractivity contribution is 0.367. The maximum atomic E-state index is 9.98. The second kappa shape index (κ2) is 7.52. The zero-order valence-electron chi connectivity index (χ0n) is 15.4. The Morgan fingerprint density at radius 2 is 1.93 bits per heavy atom. The molecule has 28 heavy (non-hydrogen) atoms. The zero-order valence-corrected chi connectivity index (χ0v) is 16.2. The molecule has 1 atom stereocenters. The molecule has 0 bridgehead atoms. The van der Waals surface area contributed by atoms with Crippen LogP contribution in [0.25, 0.3) is 0 Å². The Morgan fingerprint density at radius 1 is 1.11 bits per heavy atom. The summed E-state index contributed by atoms with van der Waals surface area (Å²) in [5.74, 6) is -1.34. The van der Waals surface area contributed by atoms with Gasteiger partial charge in [-0.05, 0) is 49.4 Å². The van der Waals surface area contributed by atoms with E-state index in [1.54, 1.807) is 4.68 Å². The van der Waals surface area contributed by atoms with E-state index in [4.69, 9.17) is 4.99 Å². The minimum atomic E-state index is -0.556. The summed E-state index contributed by atoms with van der Waals surface area (Å²) >= 11 is 1.52. The van der Waals surface area contributed by atoms with Gasteiger partial charge in [-0.2, -0.15) is 5.10 Å². The summed E-state index contributed by atoms with van der Waals surface area (Å²) in [5, 5.41) is 35.5. The number of hydrogen-bond donors (Lipinski definition) is 3. The number of phenolic OH excluding ortho intramolecular Hbond substituents is 3. The molecule has 3 N–H and O–H groups in total. The quantitative estimate of drug-likeness (QED) is 0.465. The molecule has 0 amide bonds. The fraction of sp³-hybridized carbons (Fsp3) is 0.238. The zero-order chi connectivity index (χ0) is 19.7. The van der Waals surface area contributed by atoms with Crippen molar-refractivity contribution in [2.24, 2.45) is 10.1 Å². The first kappa shape index (κ1) is 18.3. The summed E-state index contributed by atoms with van der Waals surface area (Å²) in [6.07, 6.45) is 4.65. The van der Waals surface area contributed by atoms with Gasteiger partial charge in [0.15, 0.2) is 11.5 Å². The molecule has 1 aliphatic rings. The van der Waals surface area contributed by atoms with Gasteiger partial charge in [-0.15, -0.1) is 11.3 Å². The largest absolute Gasteiger partial charge is 0.504 e. The number of nitrogens with zero attached hydrogens (tertiary/aromatic N) is 3. The Kier molecular flexibility index (Phi) is 4.92. The number of rotatable bonds is 3.